The molecule has 7 heteroatoms. The third-order valence-electron chi connectivity index (χ3n) is 5.80. The van der Waals surface area contributed by atoms with E-state index in [2.05, 4.69) is 29.0 Å². The fourth-order valence-corrected chi connectivity index (χ4v) is 5.56. The maximum atomic E-state index is 12.4. The Kier molecular flexibility index (Phi) is 5.32. The summed E-state index contributed by atoms with van der Waals surface area (Å²) in [5.41, 5.74) is 1.05. The molecule has 0 amide bonds. The summed E-state index contributed by atoms with van der Waals surface area (Å²) < 4.78 is 11.7. The van der Waals surface area contributed by atoms with Crippen molar-refractivity contribution in [3.63, 3.8) is 0 Å². The number of thiophene rings is 1. The van der Waals surface area contributed by atoms with Gasteiger partial charge in [-0.1, -0.05) is 0 Å². The zero-order valence-electron chi connectivity index (χ0n) is 16.2. The Morgan fingerprint density at radius 1 is 1.22 bits per heavy atom. The van der Waals surface area contributed by atoms with Crippen molar-refractivity contribution >= 4 is 27.5 Å². The van der Waals surface area contributed by atoms with E-state index >= 15 is 0 Å². The molecule has 1 saturated carbocycles. The molecule has 2 aliphatic rings. The first-order chi connectivity index (χ1) is 13.1. The number of carbonyl (C=O) groups excluding carboxylic acids is 1. The van der Waals surface area contributed by atoms with Gasteiger partial charge in [0.2, 0.25) is 5.88 Å². The van der Waals surface area contributed by atoms with Crippen molar-refractivity contribution < 1.29 is 14.3 Å². The average molecular weight is 390 g/mol. The van der Waals surface area contributed by atoms with Gasteiger partial charge in [-0.3, -0.25) is 4.79 Å². The highest BCUT2D eigenvalue weighted by Gasteiger charge is 2.36. The predicted molar refractivity (Wildman–Crippen MR) is 105 cm³/mol. The molecule has 2 aromatic rings. The summed E-state index contributed by atoms with van der Waals surface area (Å²) in [5, 5.41) is 0.933. The van der Waals surface area contributed by atoms with E-state index in [1.54, 1.807) is 17.7 Å². The molecule has 146 valence electrons. The van der Waals surface area contributed by atoms with Crippen LogP contribution in [0.1, 0.15) is 55.4 Å². The normalized spacial score (nSPS) is 25.0. The summed E-state index contributed by atoms with van der Waals surface area (Å²) in [4.78, 5) is 25.8. The molecular formula is C20H27N3O3S. The minimum Gasteiger partial charge on any atom is -0.474 e. The van der Waals surface area contributed by atoms with Gasteiger partial charge in [0.25, 0.3) is 0 Å². The fraction of sp³-hybridized carbons (Fsp3) is 0.650. The molecule has 0 bridgehead atoms. The van der Waals surface area contributed by atoms with E-state index in [4.69, 9.17) is 9.47 Å². The van der Waals surface area contributed by atoms with Crippen molar-refractivity contribution in [1.82, 2.24) is 14.9 Å². The summed E-state index contributed by atoms with van der Waals surface area (Å²) in [6.07, 6.45) is 7.79. The second-order valence-corrected chi connectivity index (χ2v) is 8.74. The molecule has 27 heavy (non-hydrogen) atoms. The van der Waals surface area contributed by atoms with Gasteiger partial charge in [0.05, 0.1) is 17.9 Å². The molecule has 2 heterocycles. The fourth-order valence-electron chi connectivity index (χ4n) is 4.35. The molecule has 0 saturated heterocycles. The van der Waals surface area contributed by atoms with Gasteiger partial charge in [0, 0.05) is 10.9 Å². The van der Waals surface area contributed by atoms with Gasteiger partial charge >= 0.3 is 5.97 Å². The summed E-state index contributed by atoms with van der Waals surface area (Å²) in [6.45, 7) is 2.25. The first kappa shape index (κ1) is 18.6. The Morgan fingerprint density at radius 2 is 2.00 bits per heavy atom. The lowest BCUT2D eigenvalue weighted by molar-refractivity contribution is -0.144. The van der Waals surface area contributed by atoms with Gasteiger partial charge < -0.3 is 14.4 Å². The molecule has 0 radical (unpaired) electrons. The van der Waals surface area contributed by atoms with E-state index in [1.807, 2.05) is 6.92 Å². The molecule has 1 atom stereocenters. The molecule has 4 rings (SSSR count). The van der Waals surface area contributed by atoms with E-state index < -0.39 is 0 Å². The van der Waals surface area contributed by atoms with Crippen molar-refractivity contribution in [3.05, 3.63) is 16.8 Å². The molecule has 1 fully saturated rings. The van der Waals surface area contributed by atoms with Crippen molar-refractivity contribution in [3.8, 4) is 5.88 Å². The summed E-state index contributed by atoms with van der Waals surface area (Å²) >= 11 is 1.66. The number of ether oxygens (including phenoxy) is 2. The molecule has 2 aromatic heterocycles. The molecule has 0 aliphatic heterocycles. The first-order valence-corrected chi connectivity index (χ1v) is 10.7. The van der Waals surface area contributed by atoms with Crippen molar-refractivity contribution in [2.24, 2.45) is 0 Å². The lowest BCUT2D eigenvalue weighted by atomic mass is 9.92. The summed E-state index contributed by atoms with van der Waals surface area (Å²) in [6, 6.07) is 0.633. The maximum absolute atomic E-state index is 12.4. The monoisotopic (exact) mass is 389 g/mol. The molecule has 6 nitrogen and oxygen atoms in total. The number of aryl methyl sites for hydroxylation is 1. The van der Waals surface area contributed by atoms with Crippen LogP contribution in [-0.2, 0) is 16.0 Å². The lowest BCUT2D eigenvalue weighted by Crippen LogP contribution is -2.35. The number of nitrogens with zero attached hydrogens (tertiary/aromatic N) is 3. The average Bonchev–Trinajstić information content (AvgIpc) is 3.21. The van der Waals surface area contributed by atoms with Gasteiger partial charge in [0.1, 0.15) is 17.3 Å². The topological polar surface area (TPSA) is 64.5 Å². The summed E-state index contributed by atoms with van der Waals surface area (Å²) in [5.74, 6) is 0.283. The molecule has 0 spiro atoms. The van der Waals surface area contributed by atoms with Crippen LogP contribution in [-0.4, -0.2) is 53.7 Å². The highest BCUT2D eigenvalue weighted by molar-refractivity contribution is 7.19. The molecule has 2 aliphatic carbocycles. The van der Waals surface area contributed by atoms with Crippen LogP contribution in [0.25, 0.3) is 10.2 Å². The quantitative estimate of drug-likeness (QED) is 0.729. The zero-order chi connectivity index (χ0) is 19.0. The van der Waals surface area contributed by atoms with Crippen molar-refractivity contribution in [1.29, 1.82) is 0 Å². The lowest BCUT2D eigenvalue weighted by Gasteiger charge is -2.32. The van der Waals surface area contributed by atoms with Crippen molar-refractivity contribution in [2.45, 2.75) is 63.5 Å². The highest BCUT2D eigenvalue weighted by Crippen LogP contribution is 2.46. The van der Waals surface area contributed by atoms with Crippen molar-refractivity contribution in [2.75, 3.05) is 20.7 Å². The highest BCUT2D eigenvalue weighted by atomic mass is 32.1. The Bertz CT molecular complexity index is 827. The maximum Gasteiger partial charge on any atom is 0.313 e. The number of aromatic nitrogens is 2. The standard InChI is InChI=1S/C20H27N3O3S/c1-4-25-20(24)14-9-10-15-16(14)17-18(21-11-22-19(17)27-15)26-13-7-5-12(6-8-13)23(2)3/h11-14H,4-10H2,1-3H3/t12-,13-,14?. The zero-order valence-corrected chi connectivity index (χ0v) is 17.1. The number of fused-ring (bicyclic) bond motifs is 3. The number of hydrogen-bond acceptors (Lipinski definition) is 7. The van der Waals surface area contributed by atoms with Gasteiger partial charge in [-0.25, -0.2) is 9.97 Å². The number of rotatable bonds is 5. The molecule has 1 unspecified atom stereocenters. The van der Waals surface area contributed by atoms with E-state index in [0.29, 0.717) is 18.5 Å². The van der Waals surface area contributed by atoms with E-state index in [9.17, 15) is 4.79 Å². The Hall–Kier alpha value is -1.73. The third kappa shape index (κ3) is 3.55. The van der Waals surface area contributed by atoms with Crippen LogP contribution in [0.15, 0.2) is 6.33 Å². The Balaban J connectivity index is 1.60. The van der Waals surface area contributed by atoms with E-state index in [1.165, 1.54) is 4.88 Å². The summed E-state index contributed by atoms with van der Waals surface area (Å²) in [7, 11) is 4.29. The first-order valence-electron chi connectivity index (χ1n) is 9.84. The van der Waals surface area contributed by atoms with Crippen LogP contribution in [0.2, 0.25) is 0 Å². The van der Waals surface area contributed by atoms with Crippen LogP contribution in [0.5, 0.6) is 5.88 Å². The van der Waals surface area contributed by atoms with E-state index in [0.717, 1.165) is 54.3 Å². The smallest absolute Gasteiger partial charge is 0.313 e. The molecular weight excluding hydrogens is 362 g/mol. The molecule has 0 N–H and O–H groups in total. The second kappa shape index (κ2) is 7.72. The van der Waals surface area contributed by atoms with Crippen LogP contribution < -0.4 is 4.74 Å². The Morgan fingerprint density at radius 3 is 2.70 bits per heavy atom. The van der Waals surface area contributed by atoms with Gasteiger partial charge in [-0.05, 0) is 65.1 Å². The van der Waals surface area contributed by atoms with Gasteiger partial charge in [0.15, 0.2) is 0 Å². The predicted octanol–water partition coefficient (Wildman–Crippen LogP) is 3.54. The third-order valence-corrected chi connectivity index (χ3v) is 6.97. The van der Waals surface area contributed by atoms with Gasteiger partial charge in [-0.15, -0.1) is 11.3 Å². The number of esters is 1. The second-order valence-electron chi connectivity index (χ2n) is 7.65. The minimum atomic E-state index is -0.216. The molecule has 0 aromatic carbocycles. The largest absolute Gasteiger partial charge is 0.474 e. The van der Waals surface area contributed by atoms with E-state index in [-0.39, 0.29) is 18.0 Å². The van der Waals surface area contributed by atoms with Crippen LogP contribution >= 0.6 is 11.3 Å². The van der Waals surface area contributed by atoms with Crippen LogP contribution in [0.4, 0.5) is 0 Å². The van der Waals surface area contributed by atoms with Crippen LogP contribution in [0, 0.1) is 0 Å². The SMILES string of the molecule is CCOC(=O)C1CCc2sc3ncnc(O[C@H]4CC[C@H](N(C)C)CC4)c3c21. The van der Waals surface area contributed by atoms with Crippen LogP contribution in [0.3, 0.4) is 0 Å². The Labute approximate surface area is 163 Å². The van der Waals surface area contributed by atoms with Gasteiger partial charge in [-0.2, -0.15) is 0 Å². The minimum absolute atomic E-state index is 0.141. The number of hydrogen-bond donors (Lipinski definition) is 0. The number of carbonyl (C=O) groups is 1.